The van der Waals surface area contributed by atoms with Gasteiger partial charge in [-0.05, 0) is 16.7 Å². The Kier molecular flexibility index (Phi) is 3.28. The average molecular weight is 290 g/mol. The quantitative estimate of drug-likeness (QED) is 0.922. The molecule has 3 nitrogen and oxygen atoms in total. The van der Waals surface area contributed by atoms with Crippen LogP contribution in [0.15, 0.2) is 66.7 Å². The molecule has 2 heterocycles. The summed E-state index contributed by atoms with van der Waals surface area (Å²) in [6.07, 6.45) is 2.25. The van der Waals surface area contributed by atoms with Gasteiger partial charge >= 0.3 is 0 Å². The number of nitrogens with one attached hydrogen (secondary N) is 1. The van der Waals surface area contributed by atoms with Gasteiger partial charge in [-0.2, -0.15) is 0 Å². The lowest BCUT2D eigenvalue weighted by atomic mass is 9.99. The van der Waals surface area contributed by atoms with Gasteiger partial charge in [0, 0.05) is 6.54 Å². The van der Waals surface area contributed by atoms with E-state index in [2.05, 4.69) is 47.8 Å². The van der Waals surface area contributed by atoms with E-state index >= 15 is 0 Å². The molecule has 1 fully saturated rings. The maximum absolute atomic E-state index is 12.5. The van der Waals surface area contributed by atoms with Gasteiger partial charge in [-0.15, -0.1) is 0 Å². The summed E-state index contributed by atoms with van der Waals surface area (Å²) in [6.45, 7) is 1.24. The van der Waals surface area contributed by atoms with Crippen LogP contribution in [0.2, 0.25) is 0 Å². The Morgan fingerprint density at radius 1 is 0.955 bits per heavy atom. The van der Waals surface area contributed by atoms with E-state index in [-0.39, 0.29) is 18.0 Å². The van der Waals surface area contributed by atoms with Gasteiger partial charge in [0.1, 0.15) is 0 Å². The molecule has 0 bridgehead atoms. The van der Waals surface area contributed by atoms with Crippen molar-refractivity contribution in [3.8, 4) is 0 Å². The summed E-state index contributed by atoms with van der Waals surface area (Å²) >= 11 is 0. The molecule has 110 valence electrons. The normalized spacial score (nSPS) is 24.1. The Bertz CT molecular complexity index is 709. The standard InChI is InChI=1S/C19H18N2O/c22-19-13-20-12-18-16(14-7-3-1-4-8-14)11-17(21(18)19)15-9-5-2-6-10-15/h1-11,17-18,20H,12-13H2. The van der Waals surface area contributed by atoms with Crippen molar-refractivity contribution < 1.29 is 4.79 Å². The highest BCUT2D eigenvalue weighted by molar-refractivity contribution is 5.87. The summed E-state index contributed by atoms with van der Waals surface area (Å²) < 4.78 is 0. The molecule has 0 spiro atoms. The average Bonchev–Trinajstić information content (AvgIpc) is 2.98. The van der Waals surface area contributed by atoms with Crippen molar-refractivity contribution in [3.05, 3.63) is 77.9 Å². The number of piperazine rings is 1. The van der Waals surface area contributed by atoms with Crippen LogP contribution in [0.1, 0.15) is 17.2 Å². The summed E-state index contributed by atoms with van der Waals surface area (Å²) in [6, 6.07) is 20.8. The van der Waals surface area contributed by atoms with E-state index in [9.17, 15) is 4.79 Å². The summed E-state index contributed by atoms with van der Waals surface area (Å²) in [5.41, 5.74) is 3.62. The smallest absolute Gasteiger partial charge is 0.237 e. The fourth-order valence-corrected chi connectivity index (χ4v) is 3.48. The topological polar surface area (TPSA) is 32.3 Å². The molecule has 1 saturated heterocycles. The van der Waals surface area contributed by atoms with E-state index in [0.717, 1.165) is 6.54 Å². The van der Waals surface area contributed by atoms with Crippen LogP contribution in [0.4, 0.5) is 0 Å². The Morgan fingerprint density at radius 2 is 1.64 bits per heavy atom. The largest absolute Gasteiger partial charge is 0.323 e. The summed E-state index contributed by atoms with van der Waals surface area (Å²) in [7, 11) is 0. The van der Waals surface area contributed by atoms with Crippen LogP contribution in [-0.4, -0.2) is 29.9 Å². The molecule has 2 unspecified atom stereocenters. The predicted molar refractivity (Wildman–Crippen MR) is 87.1 cm³/mol. The molecule has 2 atom stereocenters. The second-order valence-electron chi connectivity index (χ2n) is 5.79. The van der Waals surface area contributed by atoms with E-state index in [1.165, 1.54) is 16.7 Å². The van der Waals surface area contributed by atoms with Crippen molar-refractivity contribution in [2.75, 3.05) is 13.1 Å². The molecule has 4 rings (SSSR count). The molecule has 2 aromatic rings. The van der Waals surface area contributed by atoms with Crippen molar-refractivity contribution in [1.29, 1.82) is 0 Å². The first-order chi connectivity index (χ1) is 10.8. The van der Waals surface area contributed by atoms with E-state index in [0.29, 0.717) is 6.54 Å². The number of hydrogen-bond acceptors (Lipinski definition) is 2. The second-order valence-corrected chi connectivity index (χ2v) is 5.79. The van der Waals surface area contributed by atoms with Gasteiger partial charge in [-0.1, -0.05) is 66.7 Å². The minimum absolute atomic E-state index is 0.0380. The molecular weight excluding hydrogens is 272 g/mol. The van der Waals surface area contributed by atoms with Crippen LogP contribution in [0, 0.1) is 0 Å². The zero-order chi connectivity index (χ0) is 14.9. The highest BCUT2D eigenvalue weighted by atomic mass is 16.2. The lowest BCUT2D eigenvalue weighted by molar-refractivity contribution is -0.134. The zero-order valence-corrected chi connectivity index (χ0v) is 12.3. The van der Waals surface area contributed by atoms with Crippen molar-refractivity contribution in [1.82, 2.24) is 10.2 Å². The first-order valence-corrected chi connectivity index (χ1v) is 7.68. The van der Waals surface area contributed by atoms with Crippen LogP contribution in [0.3, 0.4) is 0 Å². The highest BCUT2D eigenvalue weighted by Gasteiger charge is 2.40. The van der Waals surface area contributed by atoms with Crippen LogP contribution in [0.25, 0.3) is 5.57 Å². The summed E-state index contributed by atoms with van der Waals surface area (Å²) in [4.78, 5) is 14.5. The molecular formula is C19H18N2O. The molecule has 0 aliphatic carbocycles. The van der Waals surface area contributed by atoms with E-state index < -0.39 is 0 Å². The molecule has 22 heavy (non-hydrogen) atoms. The molecule has 0 saturated carbocycles. The number of benzene rings is 2. The van der Waals surface area contributed by atoms with Gasteiger partial charge in [0.2, 0.25) is 5.91 Å². The van der Waals surface area contributed by atoms with E-state index in [4.69, 9.17) is 0 Å². The number of nitrogens with zero attached hydrogens (tertiary/aromatic N) is 1. The van der Waals surface area contributed by atoms with Gasteiger partial charge in [-0.25, -0.2) is 0 Å². The van der Waals surface area contributed by atoms with Crippen LogP contribution in [0.5, 0.6) is 0 Å². The van der Waals surface area contributed by atoms with Crippen molar-refractivity contribution in [3.63, 3.8) is 0 Å². The highest BCUT2D eigenvalue weighted by Crippen LogP contribution is 2.40. The Balaban J connectivity index is 1.80. The SMILES string of the molecule is O=C1CNCC2C(c3ccccc3)=CC(c3ccccc3)N12. The third kappa shape index (κ3) is 2.14. The van der Waals surface area contributed by atoms with Crippen molar-refractivity contribution in [2.24, 2.45) is 0 Å². The minimum atomic E-state index is 0.0380. The molecule has 0 aromatic heterocycles. The van der Waals surface area contributed by atoms with Crippen LogP contribution in [-0.2, 0) is 4.79 Å². The van der Waals surface area contributed by atoms with E-state index in [1.807, 2.05) is 29.2 Å². The molecule has 0 radical (unpaired) electrons. The van der Waals surface area contributed by atoms with Gasteiger partial charge in [0.05, 0.1) is 18.6 Å². The monoisotopic (exact) mass is 290 g/mol. The maximum atomic E-state index is 12.5. The number of carbonyl (C=O) groups excluding carboxylic acids is 1. The molecule has 2 aliphatic rings. The third-order valence-corrected chi connectivity index (χ3v) is 4.48. The fraction of sp³-hybridized carbons (Fsp3) is 0.211. The van der Waals surface area contributed by atoms with Crippen LogP contribution >= 0.6 is 0 Å². The Morgan fingerprint density at radius 3 is 2.36 bits per heavy atom. The number of carbonyl (C=O) groups is 1. The first kappa shape index (κ1) is 13.3. The Hall–Kier alpha value is -2.39. The van der Waals surface area contributed by atoms with Crippen LogP contribution < -0.4 is 5.32 Å². The number of fused-ring (bicyclic) bond motifs is 1. The maximum Gasteiger partial charge on any atom is 0.237 e. The third-order valence-electron chi connectivity index (χ3n) is 4.48. The lowest BCUT2D eigenvalue weighted by Crippen LogP contribution is -2.53. The molecule has 2 aromatic carbocycles. The Labute approximate surface area is 130 Å². The number of hydrogen-bond donors (Lipinski definition) is 1. The van der Waals surface area contributed by atoms with Crippen molar-refractivity contribution in [2.45, 2.75) is 12.1 Å². The predicted octanol–water partition coefficient (Wildman–Crippen LogP) is 2.63. The summed E-state index contributed by atoms with van der Waals surface area (Å²) in [5, 5.41) is 3.25. The number of amides is 1. The van der Waals surface area contributed by atoms with Gasteiger partial charge in [0.25, 0.3) is 0 Å². The first-order valence-electron chi connectivity index (χ1n) is 7.68. The fourth-order valence-electron chi connectivity index (χ4n) is 3.48. The van der Waals surface area contributed by atoms with Gasteiger partial charge in [0.15, 0.2) is 0 Å². The molecule has 1 amide bonds. The molecule has 1 N–H and O–H groups in total. The molecule has 2 aliphatic heterocycles. The van der Waals surface area contributed by atoms with Crippen molar-refractivity contribution >= 4 is 11.5 Å². The van der Waals surface area contributed by atoms with Gasteiger partial charge < -0.3 is 10.2 Å². The molecule has 3 heteroatoms. The van der Waals surface area contributed by atoms with E-state index in [1.54, 1.807) is 0 Å². The zero-order valence-electron chi connectivity index (χ0n) is 12.3. The second kappa shape index (κ2) is 5.43. The lowest BCUT2D eigenvalue weighted by Gasteiger charge is -2.36. The van der Waals surface area contributed by atoms with Gasteiger partial charge in [-0.3, -0.25) is 4.79 Å². The summed E-state index contributed by atoms with van der Waals surface area (Å²) in [5.74, 6) is 0.173. The minimum Gasteiger partial charge on any atom is -0.323 e. The number of rotatable bonds is 2.